The van der Waals surface area contributed by atoms with E-state index in [4.69, 9.17) is 4.99 Å². The number of unbranched alkanes of at least 4 members (excludes halogenated alkanes) is 1. The maximum atomic E-state index is 4.77. The van der Waals surface area contributed by atoms with E-state index >= 15 is 0 Å². The molecule has 0 atom stereocenters. The third kappa shape index (κ3) is 4.22. The molecule has 94 valence electrons. The summed E-state index contributed by atoms with van der Waals surface area (Å²) in [5, 5.41) is 0. The molecule has 0 aliphatic heterocycles. The first-order valence-electron chi connectivity index (χ1n) is 6.68. The second-order valence-corrected chi connectivity index (χ2v) is 4.10. The van der Waals surface area contributed by atoms with Crippen LogP contribution in [0.3, 0.4) is 0 Å². The molecule has 0 N–H and O–H groups in total. The predicted octanol–water partition coefficient (Wildman–Crippen LogP) is 3.58. The summed E-state index contributed by atoms with van der Waals surface area (Å²) in [4.78, 5) is 7.09. The summed E-state index contributed by atoms with van der Waals surface area (Å²) in [5.74, 6) is 1.14. The predicted molar refractivity (Wildman–Crippen MR) is 75.7 cm³/mol. The van der Waals surface area contributed by atoms with Crippen LogP contribution in [0.2, 0.25) is 0 Å². The van der Waals surface area contributed by atoms with Gasteiger partial charge in [-0.05, 0) is 20.3 Å². The Morgan fingerprint density at radius 2 is 1.71 bits per heavy atom. The van der Waals surface area contributed by atoms with E-state index in [1.54, 1.807) is 0 Å². The van der Waals surface area contributed by atoms with Gasteiger partial charge in [0.1, 0.15) is 5.84 Å². The minimum absolute atomic E-state index is 0.928. The molecule has 1 rings (SSSR count). The molecule has 17 heavy (non-hydrogen) atoms. The second kappa shape index (κ2) is 7.88. The number of hydrogen-bond acceptors (Lipinski definition) is 1. The molecule has 2 heteroatoms. The van der Waals surface area contributed by atoms with Crippen molar-refractivity contribution in [3.8, 4) is 0 Å². The Hall–Kier alpha value is -1.31. The average molecular weight is 232 g/mol. The minimum atomic E-state index is 0.928. The molecule has 2 nitrogen and oxygen atoms in total. The normalized spacial score (nSPS) is 11.6. The molecule has 0 unspecified atom stereocenters. The van der Waals surface area contributed by atoms with Crippen molar-refractivity contribution in [1.82, 2.24) is 4.90 Å². The van der Waals surface area contributed by atoms with Gasteiger partial charge in [0.05, 0.1) is 0 Å². The highest BCUT2D eigenvalue weighted by Gasteiger charge is 2.09. The van der Waals surface area contributed by atoms with Gasteiger partial charge in [0.2, 0.25) is 0 Å². The summed E-state index contributed by atoms with van der Waals surface area (Å²) in [5.41, 5.74) is 1.23. The molecule has 0 radical (unpaired) electrons. The molecule has 0 aliphatic carbocycles. The zero-order valence-corrected chi connectivity index (χ0v) is 11.3. The van der Waals surface area contributed by atoms with Crippen molar-refractivity contribution in [2.45, 2.75) is 33.6 Å². The lowest BCUT2D eigenvalue weighted by atomic mass is 10.2. The Labute approximate surface area is 105 Å². The van der Waals surface area contributed by atoms with Gasteiger partial charge in [0, 0.05) is 25.2 Å². The molecule has 0 aliphatic rings. The fourth-order valence-electron chi connectivity index (χ4n) is 1.83. The Kier molecular flexibility index (Phi) is 6.38. The Bertz CT molecular complexity index is 326. The molecular formula is C15H24N2. The van der Waals surface area contributed by atoms with Gasteiger partial charge < -0.3 is 4.90 Å². The zero-order valence-electron chi connectivity index (χ0n) is 11.3. The van der Waals surface area contributed by atoms with Gasteiger partial charge in [-0.3, -0.25) is 4.99 Å². The van der Waals surface area contributed by atoms with E-state index in [-0.39, 0.29) is 0 Å². The quantitative estimate of drug-likeness (QED) is 0.416. The summed E-state index contributed by atoms with van der Waals surface area (Å²) >= 11 is 0. The van der Waals surface area contributed by atoms with E-state index in [1.807, 2.05) is 0 Å². The van der Waals surface area contributed by atoms with Gasteiger partial charge in [-0.2, -0.15) is 0 Å². The number of aliphatic imine (C=N–C) groups is 1. The number of rotatable bonds is 6. The first kappa shape index (κ1) is 13.8. The van der Waals surface area contributed by atoms with Gasteiger partial charge >= 0.3 is 0 Å². The maximum Gasteiger partial charge on any atom is 0.130 e. The summed E-state index contributed by atoms with van der Waals surface area (Å²) in [7, 11) is 0. The molecule has 0 saturated carbocycles. The highest BCUT2D eigenvalue weighted by atomic mass is 15.2. The molecular weight excluding hydrogens is 208 g/mol. The SMILES string of the molecule is CCCCN=C(c1ccccc1)N(CC)CC. The van der Waals surface area contributed by atoms with E-state index in [2.05, 4.69) is 56.0 Å². The number of hydrogen-bond donors (Lipinski definition) is 0. The number of nitrogens with zero attached hydrogens (tertiary/aromatic N) is 2. The fraction of sp³-hybridized carbons (Fsp3) is 0.533. The van der Waals surface area contributed by atoms with E-state index in [1.165, 1.54) is 12.0 Å². The molecule has 0 saturated heterocycles. The van der Waals surface area contributed by atoms with Crippen molar-refractivity contribution in [3.05, 3.63) is 35.9 Å². The van der Waals surface area contributed by atoms with Crippen LogP contribution in [0.5, 0.6) is 0 Å². The first-order valence-corrected chi connectivity index (χ1v) is 6.68. The van der Waals surface area contributed by atoms with Crippen LogP contribution in [-0.2, 0) is 0 Å². The first-order chi connectivity index (χ1) is 8.33. The molecule has 0 bridgehead atoms. The van der Waals surface area contributed by atoms with E-state index in [0.717, 1.165) is 31.9 Å². The van der Waals surface area contributed by atoms with Crippen molar-refractivity contribution < 1.29 is 0 Å². The van der Waals surface area contributed by atoms with Gasteiger partial charge in [-0.15, -0.1) is 0 Å². The Balaban J connectivity index is 2.89. The number of benzene rings is 1. The molecule has 0 aromatic heterocycles. The van der Waals surface area contributed by atoms with Gasteiger partial charge in [-0.25, -0.2) is 0 Å². The summed E-state index contributed by atoms with van der Waals surface area (Å²) in [6.45, 7) is 9.52. The Morgan fingerprint density at radius 3 is 2.24 bits per heavy atom. The van der Waals surface area contributed by atoms with Crippen LogP contribution in [0.25, 0.3) is 0 Å². The molecule has 0 spiro atoms. The molecule has 0 heterocycles. The van der Waals surface area contributed by atoms with Gasteiger partial charge in [0.15, 0.2) is 0 Å². The maximum absolute atomic E-state index is 4.77. The average Bonchev–Trinajstić information content (AvgIpc) is 2.39. The van der Waals surface area contributed by atoms with Crippen LogP contribution in [-0.4, -0.2) is 30.4 Å². The van der Waals surface area contributed by atoms with Crippen molar-refractivity contribution in [3.63, 3.8) is 0 Å². The highest BCUT2D eigenvalue weighted by molar-refractivity contribution is 5.98. The van der Waals surface area contributed by atoms with Crippen LogP contribution >= 0.6 is 0 Å². The molecule has 1 aromatic carbocycles. The van der Waals surface area contributed by atoms with E-state index in [9.17, 15) is 0 Å². The standard InChI is InChI=1S/C15H24N2/c1-4-7-13-16-15(17(5-2)6-3)14-11-9-8-10-12-14/h8-12H,4-7,13H2,1-3H3. The number of amidine groups is 1. The van der Waals surface area contributed by atoms with Crippen LogP contribution in [0.1, 0.15) is 39.2 Å². The van der Waals surface area contributed by atoms with Crippen LogP contribution in [0, 0.1) is 0 Å². The minimum Gasteiger partial charge on any atom is -0.357 e. The lowest BCUT2D eigenvalue weighted by Gasteiger charge is -2.23. The van der Waals surface area contributed by atoms with Crippen LogP contribution in [0.15, 0.2) is 35.3 Å². The van der Waals surface area contributed by atoms with Crippen molar-refractivity contribution in [2.75, 3.05) is 19.6 Å². The van der Waals surface area contributed by atoms with E-state index in [0.29, 0.717) is 0 Å². The lowest BCUT2D eigenvalue weighted by Crippen LogP contribution is -2.31. The zero-order chi connectivity index (χ0) is 12.5. The van der Waals surface area contributed by atoms with Crippen LogP contribution < -0.4 is 0 Å². The van der Waals surface area contributed by atoms with E-state index < -0.39 is 0 Å². The summed E-state index contributed by atoms with van der Waals surface area (Å²) in [6, 6.07) is 10.5. The van der Waals surface area contributed by atoms with Gasteiger partial charge in [-0.1, -0.05) is 43.7 Å². The summed E-state index contributed by atoms with van der Waals surface area (Å²) in [6.07, 6.45) is 2.36. The monoisotopic (exact) mass is 232 g/mol. The largest absolute Gasteiger partial charge is 0.357 e. The van der Waals surface area contributed by atoms with Crippen molar-refractivity contribution in [1.29, 1.82) is 0 Å². The Morgan fingerprint density at radius 1 is 1.06 bits per heavy atom. The highest BCUT2D eigenvalue weighted by Crippen LogP contribution is 2.07. The second-order valence-electron chi connectivity index (χ2n) is 4.10. The van der Waals surface area contributed by atoms with Gasteiger partial charge in [0.25, 0.3) is 0 Å². The third-order valence-corrected chi connectivity index (χ3v) is 2.87. The summed E-state index contributed by atoms with van der Waals surface area (Å²) < 4.78 is 0. The van der Waals surface area contributed by atoms with Crippen LogP contribution in [0.4, 0.5) is 0 Å². The lowest BCUT2D eigenvalue weighted by molar-refractivity contribution is 0.464. The smallest absolute Gasteiger partial charge is 0.130 e. The topological polar surface area (TPSA) is 15.6 Å². The molecule has 0 fully saturated rings. The van der Waals surface area contributed by atoms with Crippen molar-refractivity contribution >= 4 is 5.84 Å². The third-order valence-electron chi connectivity index (χ3n) is 2.87. The fourth-order valence-corrected chi connectivity index (χ4v) is 1.83. The molecule has 1 aromatic rings. The van der Waals surface area contributed by atoms with Crippen molar-refractivity contribution in [2.24, 2.45) is 4.99 Å². The molecule has 0 amide bonds.